The number of nitrogens with zero attached hydrogens (tertiary/aromatic N) is 4. The first-order valence-corrected chi connectivity index (χ1v) is 10.1. The van der Waals surface area contributed by atoms with E-state index in [2.05, 4.69) is 21.5 Å². The number of rotatable bonds is 5. The maximum atomic E-state index is 14.0. The van der Waals surface area contributed by atoms with Gasteiger partial charge in [-0.3, -0.25) is 4.98 Å². The van der Waals surface area contributed by atoms with Crippen LogP contribution < -0.4 is 4.74 Å². The number of fused-ring (bicyclic) bond motifs is 1. The van der Waals surface area contributed by atoms with Crippen molar-refractivity contribution < 1.29 is 9.13 Å². The number of hydrogen-bond donors (Lipinski definition) is 0. The minimum atomic E-state index is -0.291. The molecule has 156 valence electrons. The van der Waals surface area contributed by atoms with Gasteiger partial charge in [-0.1, -0.05) is 12.7 Å². The SMILES string of the molecule is C=C1C=C(c2cnc(OCC)nc2)C=CN1/C(=C\C)c1cc(C)nc2ccc(F)cc12. The van der Waals surface area contributed by atoms with Crippen LogP contribution in [-0.2, 0) is 0 Å². The molecule has 0 spiro atoms. The summed E-state index contributed by atoms with van der Waals surface area (Å²) < 4.78 is 19.3. The van der Waals surface area contributed by atoms with Crippen molar-refractivity contribution in [3.05, 3.63) is 96.0 Å². The van der Waals surface area contributed by atoms with Crippen LogP contribution in [-0.4, -0.2) is 26.5 Å². The highest BCUT2D eigenvalue weighted by atomic mass is 19.1. The minimum Gasteiger partial charge on any atom is -0.464 e. The Balaban J connectivity index is 1.68. The third-order valence-corrected chi connectivity index (χ3v) is 4.98. The molecule has 0 N–H and O–H groups in total. The summed E-state index contributed by atoms with van der Waals surface area (Å²) in [5.74, 6) is -0.291. The van der Waals surface area contributed by atoms with Crippen molar-refractivity contribution in [2.45, 2.75) is 20.8 Å². The molecule has 3 aromatic rings. The van der Waals surface area contributed by atoms with Crippen molar-refractivity contribution in [3.63, 3.8) is 0 Å². The molecule has 4 rings (SSSR count). The lowest BCUT2D eigenvalue weighted by Gasteiger charge is -2.28. The van der Waals surface area contributed by atoms with Crippen LogP contribution in [0.3, 0.4) is 0 Å². The number of hydrogen-bond acceptors (Lipinski definition) is 5. The van der Waals surface area contributed by atoms with Gasteiger partial charge in [0.05, 0.1) is 12.1 Å². The molecule has 31 heavy (non-hydrogen) atoms. The minimum absolute atomic E-state index is 0.291. The summed E-state index contributed by atoms with van der Waals surface area (Å²) in [6.07, 6.45) is 11.4. The smallest absolute Gasteiger partial charge is 0.316 e. The maximum Gasteiger partial charge on any atom is 0.316 e. The fraction of sp³-hybridized carbons (Fsp3) is 0.160. The predicted octanol–water partition coefficient (Wildman–Crippen LogP) is 5.66. The van der Waals surface area contributed by atoms with E-state index in [-0.39, 0.29) is 5.82 Å². The number of pyridine rings is 1. The molecule has 1 aliphatic heterocycles. The summed E-state index contributed by atoms with van der Waals surface area (Å²) in [7, 11) is 0. The maximum absolute atomic E-state index is 14.0. The van der Waals surface area contributed by atoms with Crippen LogP contribution >= 0.6 is 0 Å². The molecular formula is C25H23FN4O. The van der Waals surface area contributed by atoms with Gasteiger partial charge in [-0.05, 0) is 62.8 Å². The summed E-state index contributed by atoms with van der Waals surface area (Å²) in [5.41, 5.74) is 6.01. The van der Waals surface area contributed by atoms with Crippen LogP contribution in [0.5, 0.6) is 6.01 Å². The van der Waals surface area contributed by atoms with Gasteiger partial charge in [-0.25, -0.2) is 14.4 Å². The van der Waals surface area contributed by atoms with Crippen LogP contribution in [0.1, 0.15) is 30.7 Å². The van der Waals surface area contributed by atoms with Crippen molar-refractivity contribution in [2.75, 3.05) is 6.61 Å². The van der Waals surface area contributed by atoms with Gasteiger partial charge in [0.1, 0.15) is 5.82 Å². The molecule has 3 heterocycles. The standard InChI is InChI=1S/C25H23FN4O/c1-5-24(22-11-16(3)29-23-8-7-20(26)13-21(22)23)30-10-9-18(12-17(30)4)19-14-27-25(28-15-19)31-6-2/h5,7-15H,4,6H2,1-3H3/b24-5-. The van der Waals surface area contributed by atoms with Crippen LogP contribution in [0.25, 0.3) is 22.2 Å². The van der Waals surface area contributed by atoms with E-state index in [1.165, 1.54) is 12.1 Å². The molecule has 5 nitrogen and oxygen atoms in total. The molecule has 0 radical (unpaired) electrons. The molecule has 0 saturated carbocycles. The Morgan fingerprint density at radius 1 is 1.23 bits per heavy atom. The fourth-order valence-corrected chi connectivity index (χ4v) is 3.60. The normalized spacial score (nSPS) is 14.2. The second kappa shape index (κ2) is 8.52. The Hall–Kier alpha value is -3.80. The van der Waals surface area contributed by atoms with Gasteiger partial charge >= 0.3 is 6.01 Å². The van der Waals surface area contributed by atoms with Crippen LogP contribution in [0.15, 0.2) is 73.4 Å². The van der Waals surface area contributed by atoms with Crippen LogP contribution in [0.4, 0.5) is 4.39 Å². The van der Waals surface area contributed by atoms with Crippen molar-refractivity contribution in [1.82, 2.24) is 19.9 Å². The van der Waals surface area contributed by atoms with Crippen molar-refractivity contribution in [3.8, 4) is 6.01 Å². The van der Waals surface area contributed by atoms with E-state index in [1.807, 2.05) is 56.2 Å². The molecule has 6 heteroatoms. The highest BCUT2D eigenvalue weighted by Crippen LogP contribution is 2.34. The van der Waals surface area contributed by atoms with Gasteiger partial charge in [-0.2, -0.15) is 0 Å². The lowest BCUT2D eigenvalue weighted by molar-refractivity contribution is 0.312. The Morgan fingerprint density at radius 2 is 2.00 bits per heavy atom. The molecule has 0 saturated heterocycles. The quantitative estimate of drug-likeness (QED) is 0.539. The van der Waals surface area contributed by atoms with Crippen molar-refractivity contribution >= 4 is 22.2 Å². The van der Waals surface area contributed by atoms with Crippen LogP contribution in [0.2, 0.25) is 0 Å². The first kappa shape index (κ1) is 20.5. The summed E-state index contributed by atoms with van der Waals surface area (Å²) >= 11 is 0. The first-order valence-electron chi connectivity index (χ1n) is 10.1. The zero-order valence-corrected chi connectivity index (χ0v) is 17.8. The van der Waals surface area contributed by atoms with Gasteiger partial charge in [0.25, 0.3) is 0 Å². The van der Waals surface area contributed by atoms with Gasteiger partial charge in [0.15, 0.2) is 0 Å². The molecule has 0 fully saturated rings. The zero-order valence-electron chi connectivity index (χ0n) is 17.8. The van der Waals surface area contributed by atoms with Gasteiger partial charge in [-0.15, -0.1) is 0 Å². The summed E-state index contributed by atoms with van der Waals surface area (Å²) in [6, 6.07) is 6.99. The van der Waals surface area contributed by atoms with E-state index in [9.17, 15) is 4.39 Å². The first-order chi connectivity index (χ1) is 15.0. The molecule has 0 atom stereocenters. The number of ether oxygens (including phenoxy) is 1. The Morgan fingerprint density at radius 3 is 2.68 bits per heavy atom. The van der Waals surface area contributed by atoms with Gasteiger partial charge in [0, 0.05) is 52.2 Å². The second-order valence-electron chi connectivity index (χ2n) is 7.11. The summed E-state index contributed by atoms with van der Waals surface area (Å²) in [6.45, 7) is 10.5. The Labute approximate surface area is 180 Å². The predicted molar refractivity (Wildman–Crippen MR) is 121 cm³/mol. The molecule has 0 amide bonds. The molecule has 2 aromatic heterocycles. The van der Waals surface area contributed by atoms with E-state index < -0.39 is 0 Å². The Kier molecular flexibility index (Phi) is 5.62. The van der Waals surface area contributed by atoms with Gasteiger partial charge < -0.3 is 9.64 Å². The number of allylic oxidation sites excluding steroid dienone is 4. The summed E-state index contributed by atoms with van der Waals surface area (Å²) in [4.78, 5) is 15.0. The monoisotopic (exact) mass is 414 g/mol. The molecular weight excluding hydrogens is 391 g/mol. The topological polar surface area (TPSA) is 51.1 Å². The van der Waals surface area contributed by atoms with Gasteiger partial charge in [0.2, 0.25) is 0 Å². The fourth-order valence-electron chi connectivity index (χ4n) is 3.60. The third-order valence-electron chi connectivity index (χ3n) is 4.98. The Bertz CT molecular complexity index is 1240. The lowest BCUT2D eigenvalue weighted by Crippen LogP contribution is -2.16. The van der Waals surface area contributed by atoms with E-state index in [0.717, 1.165) is 44.7 Å². The molecule has 1 aromatic carbocycles. The average molecular weight is 414 g/mol. The molecule has 0 unspecified atom stereocenters. The highest BCUT2D eigenvalue weighted by Gasteiger charge is 2.18. The molecule has 1 aliphatic rings. The van der Waals surface area contributed by atoms with E-state index in [1.54, 1.807) is 18.5 Å². The van der Waals surface area contributed by atoms with Crippen molar-refractivity contribution in [2.24, 2.45) is 0 Å². The van der Waals surface area contributed by atoms with E-state index in [4.69, 9.17) is 4.74 Å². The molecule has 0 bridgehead atoms. The third kappa shape index (κ3) is 4.10. The average Bonchev–Trinajstić information content (AvgIpc) is 2.76. The van der Waals surface area contributed by atoms with E-state index >= 15 is 0 Å². The lowest BCUT2D eigenvalue weighted by atomic mass is 10.0. The number of aromatic nitrogens is 3. The van der Waals surface area contributed by atoms with Crippen LogP contribution in [0, 0.1) is 12.7 Å². The van der Waals surface area contributed by atoms with E-state index in [0.29, 0.717) is 12.6 Å². The number of halogens is 1. The van der Waals surface area contributed by atoms with Crippen molar-refractivity contribution in [1.29, 1.82) is 0 Å². The number of aryl methyl sites for hydroxylation is 1. The summed E-state index contributed by atoms with van der Waals surface area (Å²) in [5, 5.41) is 0.759. The second-order valence-corrected chi connectivity index (χ2v) is 7.11. The largest absolute Gasteiger partial charge is 0.464 e. The molecule has 0 aliphatic carbocycles. The highest BCUT2D eigenvalue weighted by molar-refractivity contribution is 5.92. The zero-order chi connectivity index (χ0) is 22.0. The number of benzene rings is 1.